The molecule has 0 radical (unpaired) electrons. The summed E-state index contributed by atoms with van der Waals surface area (Å²) in [7, 11) is 0. The number of rotatable bonds is 3. The number of hydrogen-bond donors (Lipinski definition) is 2. The van der Waals surface area contributed by atoms with Gasteiger partial charge in [0.25, 0.3) is 0 Å². The predicted molar refractivity (Wildman–Crippen MR) is 71.7 cm³/mol. The van der Waals surface area contributed by atoms with E-state index in [1.54, 1.807) is 12.3 Å². The summed E-state index contributed by atoms with van der Waals surface area (Å²) in [5.74, 6) is 0.0916. The van der Waals surface area contributed by atoms with Gasteiger partial charge in [0.1, 0.15) is 0 Å². The fourth-order valence-corrected chi connectivity index (χ4v) is 2.14. The summed E-state index contributed by atoms with van der Waals surface area (Å²) < 4.78 is 5.21. The number of nitrogens with zero attached hydrogens (tertiary/aromatic N) is 1. The molecule has 1 aromatic carbocycles. The van der Waals surface area contributed by atoms with Crippen LogP contribution in [0.3, 0.4) is 0 Å². The summed E-state index contributed by atoms with van der Waals surface area (Å²) in [6.45, 7) is 0.395. The fourth-order valence-electron chi connectivity index (χ4n) is 2.14. The van der Waals surface area contributed by atoms with Crippen molar-refractivity contribution in [1.82, 2.24) is 10.3 Å². The standard InChI is InChI=1S/C14H13N3O3/c18-13-5-10(6-16-13)14(19)17-11-3-1-2-9(4-11)12-7-15-8-20-12/h1-4,7-8,10H,5-6H2,(H,16,18)(H,17,19)/t10-/m1/s1. The minimum absolute atomic E-state index is 0.0828. The van der Waals surface area contributed by atoms with Crippen LogP contribution < -0.4 is 10.6 Å². The third kappa shape index (κ3) is 2.54. The van der Waals surface area contributed by atoms with Gasteiger partial charge in [0.05, 0.1) is 12.1 Å². The molecule has 6 heteroatoms. The molecule has 3 rings (SSSR count). The van der Waals surface area contributed by atoms with Gasteiger partial charge >= 0.3 is 0 Å². The monoisotopic (exact) mass is 271 g/mol. The topological polar surface area (TPSA) is 84.2 Å². The number of amides is 2. The predicted octanol–water partition coefficient (Wildman–Crippen LogP) is 1.42. The third-order valence-corrected chi connectivity index (χ3v) is 3.20. The number of benzene rings is 1. The van der Waals surface area contributed by atoms with Crippen molar-refractivity contribution in [1.29, 1.82) is 0 Å². The second-order valence-electron chi connectivity index (χ2n) is 4.64. The zero-order valence-corrected chi connectivity index (χ0v) is 10.6. The minimum Gasteiger partial charge on any atom is -0.444 e. The van der Waals surface area contributed by atoms with Gasteiger partial charge in [0.2, 0.25) is 11.8 Å². The number of anilines is 1. The first-order chi connectivity index (χ1) is 9.72. The van der Waals surface area contributed by atoms with Crippen LogP contribution in [0.25, 0.3) is 11.3 Å². The van der Waals surface area contributed by atoms with E-state index in [-0.39, 0.29) is 24.2 Å². The van der Waals surface area contributed by atoms with Crippen molar-refractivity contribution in [3.8, 4) is 11.3 Å². The molecule has 0 saturated carbocycles. The highest BCUT2D eigenvalue weighted by Crippen LogP contribution is 2.22. The van der Waals surface area contributed by atoms with Gasteiger partial charge in [-0.2, -0.15) is 0 Å². The van der Waals surface area contributed by atoms with Crippen molar-refractivity contribution in [3.63, 3.8) is 0 Å². The highest BCUT2D eigenvalue weighted by Gasteiger charge is 2.27. The lowest BCUT2D eigenvalue weighted by Crippen LogP contribution is -2.24. The minimum atomic E-state index is -0.309. The Kier molecular flexibility index (Phi) is 3.20. The summed E-state index contributed by atoms with van der Waals surface area (Å²) in [6, 6.07) is 7.30. The highest BCUT2D eigenvalue weighted by atomic mass is 16.3. The van der Waals surface area contributed by atoms with Crippen LogP contribution in [0.5, 0.6) is 0 Å². The largest absolute Gasteiger partial charge is 0.444 e. The highest BCUT2D eigenvalue weighted by molar-refractivity contribution is 5.97. The zero-order valence-electron chi connectivity index (χ0n) is 10.6. The number of nitrogens with one attached hydrogen (secondary N) is 2. The molecule has 2 amide bonds. The molecule has 1 atom stereocenters. The second-order valence-corrected chi connectivity index (χ2v) is 4.64. The lowest BCUT2D eigenvalue weighted by Gasteiger charge is -2.09. The van der Waals surface area contributed by atoms with Gasteiger partial charge in [-0.1, -0.05) is 12.1 Å². The molecule has 0 unspecified atom stereocenters. The normalized spacial score (nSPS) is 17.8. The van der Waals surface area contributed by atoms with Crippen LogP contribution in [0.15, 0.2) is 41.3 Å². The number of carbonyl (C=O) groups excluding carboxylic acids is 2. The Morgan fingerprint density at radius 2 is 2.35 bits per heavy atom. The Labute approximate surface area is 115 Å². The van der Waals surface area contributed by atoms with Crippen LogP contribution in [0, 0.1) is 5.92 Å². The summed E-state index contributed by atoms with van der Waals surface area (Å²) in [5.41, 5.74) is 1.50. The van der Waals surface area contributed by atoms with Crippen molar-refractivity contribution in [2.75, 3.05) is 11.9 Å². The SMILES string of the molecule is O=C1C[C@@H](C(=O)Nc2cccc(-c3cnco3)c2)CN1. The number of hydrogen-bond acceptors (Lipinski definition) is 4. The van der Waals surface area contributed by atoms with E-state index in [0.29, 0.717) is 18.0 Å². The maximum atomic E-state index is 12.0. The lowest BCUT2D eigenvalue weighted by atomic mass is 10.1. The molecule has 0 spiro atoms. The van der Waals surface area contributed by atoms with E-state index >= 15 is 0 Å². The molecule has 1 aromatic heterocycles. The van der Waals surface area contributed by atoms with Gasteiger partial charge in [-0.25, -0.2) is 4.98 Å². The van der Waals surface area contributed by atoms with Crippen molar-refractivity contribution < 1.29 is 14.0 Å². The van der Waals surface area contributed by atoms with Crippen molar-refractivity contribution >= 4 is 17.5 Å². The molecule has 1 saturated heterocycles. The molecular weight excluding hydrogens is 258 g/mol. The molecule has 0 aliphatic carbocycles. The molecule has 1 aliphatic heterocycles. The van der Waals surface area contributed by atoms with Crippen molar-refractivity contribution in [2.45, 2.75) is 6.42 Å². The average molecular weight is 271 g/mol. The fraction of sp³-hybridized carbons (Fsp3) is 0.214. The van der Waals surface area contributed by atoms with Gasteiger partial charge < -0.3 is 15.1 Å². The summed E-state index contributed by atoms with van der Waals surface area (Å²) in [4.78, 5) is 27.0. The van der Waals surface area contributed by atoms with E-state index in [1.807, 2.05) is 18.2 Å². The van der Waals surface area contributed by atoms with E-state index < -0.39 is 0 Å². The Morgan fingerprint density at radius 1 is 1.45 bits per heavy atom. The first kappa shape index (κ1) is 12.4. The molecule has 6 nitrogen and oxygen atoms in total. The van der Waals surface area contributed by atoms with Gasteiger partial charge in [-0.05, 0) is 12.1 Å². The van der Waals surface area contributed by atoms with Crippen LogP contribution in [0.1, 0.15) is 6.42 Å². The van der Waals surface area contributed by atoms with Gasteiger partial charge in [-0.15, -0.1) is 0 Å². The molecule has 2 heterocycles. The van der Waals surface area contributed by atoms with Crippen LogP contribution in [-0.2, 0) is 9.59 Å². The van der Waals surface area contributed by atoms with Crippen LogP contribution in [-0.4, -0.2) is 23.3 Å². The Balaban J connectivity index is 1.73. The number of aromatic nitrogens is 1. The van der Waals surface area contributed by atoms with Crippen LogP contribution in [0.4, 0.5) is 5.69 Å². The summed E-state index contributed by atoms with van der Waals surface area (Å²) in [6.07, 6.45) is 3.21. The Bertz CT molecular complexity index is 637. The zero-order chi connectivity index (χ0) is 13.9. The quantitative estimate of drug-likeness (QED) is 0.884. The maximum absolute atomic E-state index is 12.0. The lowest BCUT2D eigenvalue weighted by molar-refractivity contribution is -0.123. The first-order valence-electron chi connectivity index (χ1n) is 6.29. The molecule has 1 fully saturated rings. The van der Waals surface area contributed by atoms with Crippen LogP contribution in [0.2, 0.25) is 0 Å². The van der Waals surface area contributed by atoms with E-state index in [9.17, 15) is 9.59 Å². The first-order valence-corrected chi connectivity index (χ1v) is 6.29. The Morgan fingerprint density at radius 3 is 3.05 bits per heavy atom. The summed E-state index contributed by atoms with van der Waals surface area (Å²) >= 11 is 0. The van der Waals surface area contributed by atoms with Gasteiger partial charge in [0, 0.05) is 24.2 Å². The van der Waals surface area contributed by atoms with Crippen LogP contribution >= 0.6 is 0 Å². The number of oxazole rings is 1. The van der Waals surface area contributed by atoms with E-state index in [1.165, 1.54) is 6.39 Å². The van der Waals surface area contributed by atoms with Gasteiger partial charge in [0.15, 0.2) is 12.2 Å². The number of carbonyl (C=O) groups is 2. The van der Waals surface area contributed by atoms with Crippen molar-refractivity contribution in [2.24, 2.45) is 5.92 Å². The molecule has 2 aromatic rings. The maximum Gasteiger partial charge on any atom is 0.229 e. The van der Waals surface area contributed by atoms with E-state index in [2.05, 4.69) is 15.6 Å². The smallest absolute Gasteiger partial charge is 0.229 e. The third-order valence-electron chi connectivity index (χ3n) is 3.20. The summed E-state index contributed by atoms with van der Waals surface area (Å²) in [5, 5.41) is 5.46. The second kappa shape index (κ2) is 5.16. The Hall–Kier alpha value is -2.63. The molecule has 1 aliphatic rings. The molecular formula is C14H13N3O3. The molecule has 102 valence electrons. The van der Waals surface area contributed by atoms with E-state index in [4.69, 9.17) is 4.42 Å². The average Bonchev–Trinajstić information content (AvgIpc) is 3.10. The molecule has 0 bridgehead atoms. The molecule has 2 N–H and O–H groups in total. The van der Waals surface area contributed by atoms with Gasteiger partial charge in [-0.3, -0.25) is 9.59 Å². The van der Waals surface area contributed by atoms with E-state index in [0.717, 1.165) is 5.56 Å². The molecule has 20 heavy (non-hydrogen) atoms. The van der Waals surface area contributed by atoms with Crippen molar-refractivity contribution in [3.05, 3.63) is 36.9 Å².